The number of nitrogens with zero attached hydrogens (tertiary/aromatic N) is 2. The van der Waals surface area contributed by atoms with Crippen molar-refractivity contribution in [2.45, 2.75) is 50.3 Å². The highest BCUT2D eigenvalue weighted by Crippen LogP contribution is 2.28. The number of sulfonamides is 1. The summed E-state index contributed by atoms with van der Waals surface area (Å²) in [4.78, 5) is 26.9. The predicted molar refractivity (Wildman–Crippen MR) is 107 cm³/mol. The van der Waals surface area contributed by atoms with Gasteiger partial charge in [0.25, 0.3) is 5.91 Å². The molecule has 10 heteroatoms. The molecule has 0 saturated carbocycles. The average molecular weight is 441 g/mol. The summed E-state index contributed by atoms with van der Waals surface area (Å²) >= 11 is 0. The van der Waals surface area contributed by atoms with Gasteiger partial charge in [0.15, 0.2) is 6.10 Å². The van der Waals surface area contributed by atoms with Gasteiger partial charge in [-0.1, -0.05) is 6.07 Å². The standard InChI is InChI=1S/C20H28N2O7S/c1-13-4-5-17(10-14(13)2)30(26,27)22-12-16(23)11-18(22)20(25)29-15(3)19(24)21-6-8-28-9-7-21/h4-5,10,15-16,18,23H,6-9,11-12H2,1-3H3. The van der Waals surface area contributed by atoms with Crippen LogP contribution >= 0.6 is 0 Å². The number of aliphatic hydroxyl groups excluding tert-OH is 1. The van der Waals surface area contributed by atoms with Gasteiger partial charge in [-0.2, -0.15) is 4.31 Å². The van der Waals surface area contributed by atoms with Crippen LogP contribution in [0.15, 0.2) is 23.1 Å². The van der Waals surface area contributed by atoms with Crippen molar-refractivity contribution in [1.82, 2.24) is 9.21 Å². The van der Waals surface area contributed by atoms with Gasteiger partial charge in [-0.05, 0) is 44.0 Å². The normalized spacial score (nSPS) is 23.9. The number of esters is 1. The summed E-state index contributed by atoms with van der Waals surface area (Å²) in [5, 5.41) is 10.1. The van der Waals surface area contributed by atoms with Gasteiger partial charge in [0.05, 0.1) is 24.2 Å². The van der Waals surface area contributed by atoms with E-state index in [4.69, 9.17) is 9.47 Å². The third kappa shape index (κ3) is 4.66. The lowest BCUT2D eigenvalue weighted by molar-refractivity contribution is -0.163. The molecule has 3 atom stereocenters. The number of hydrogen-bond donors (Lipinski definition) is 1. The summed E-state index contributed by atoms with van der Waals surface area (Å²) in [6, 6.07) is 3.54. The minimum Gasteiger partial charge on any atom is -0.451 e. The molecule has 2 aliphatic rings. The SMILES string of the molecule is Cc1ccc(S(=O)(=O)N2CC(O)CC2C(=O)OC(C)C(=O)N2CCOCC2)cc1C. The van der Waals surface area contributed by atoms with Crippen LogP contribution in [0.5, 0.6) is 0 Å². The van der Waals surface area contributed by atoms with Crippen LogP contribution in [0.25, 0.3) is 0 Å². The van der Waals surface area contributed by atoms with Crippen LogP contribution in [0, 0.1) is 13.8 Å². The number of aryl methyl sites for hydroxylation is 2. The van der Waals surface area contributed by atoms with E-state index >= 15 is 0 Å². The van der Waals surface area contributed by atoms with Crippen LogP contribution in [0.4, 0.5) is 0 Å². The average Bonchev–Trinajstić information content (AvgIpc) is 3.12. The third-order valence-electron chi connectivity index (χ3n) is 5.55. The highest BCUT2D eigenvalue weighted by molar-refractivity contribution is 7.89. The van der Waals surface area contributed by atoms with Gasteiger partial charge in [-0.25, -0.2) is 8.42 Å². The summed E-state index contributed by atoms with van der Waals surface area (Å²) < 4.78 is 37.8. The topological polar surface area (TPSA) is 113 Å². The van der Waals surface area contributed by atoms with E-state index in [2.05, 4.69) is 0 Å². The van der Waals surface area contributed by atoms with E-state index in [1.165, 1.54) is 13.0 Å². The van der Waals surface area contributed by atoms with Gasteiger partial charge in [-0.15, -0.1) is 0 Å². The van der Waals surface area contributed by atoms with Crippen molar-refractivity contribution < 1.29 is 32.6 Å². The molecular weight excluding hydrogens is 412 g/mol. The van der Waals surface area contributed by atoms with Gasteiger partial charge in [0, 0.05) is 26.1 Å². The monoisotopic (exact) mass is 440 g/mol. The number of benzene rings is 1. The second-order valence-electron chi connectivity index (χ2n) is 7.74. The number of morpholine rings is 1. The van der Waals surface area contributed by atoms with Crippen LogP contribution in [0.2, 0.25) is 0 Å². The predicted octanol–water partition coefficient (Wildman–Crippen LogP) is 0.218. The number of amides is 1. The molecule has 30 heavy (non-hydrogen) atoms. The highest BCUT2D eigenvalue weighted by Gasteiger charge is 2.45. The molecule has 0 aromatic heterocycles. The fourth-order valence-electron chi connectivity index (χ4n) is 3.62. The maximum absolute atomic E-state index is 13.1. The van der Waals surface area contributed by atoms with Crippen molar-refractivity contribution in [1.29, 1.82) is 0 Å². The fraction of sp³-hybridized carbons (Fsp3) is 0.600. The van der Waals surface area contributed by atoms with Gasteiger partial charge < -0.3 is 19.5 Å². The van der Waals surface area contributed by atoms with Crippen LogP contribution in [0.3, 0.4) is 0 Å². The van der Waals surface area contributed by atoms with E-state index in [1.54, 1.807) is 24.0 Å². The van der Waals surface area contributed by atoms with Crippen LogP contribution in [0.1, 0.15) is 24.5 Å². The van der Waals surface area contributed by atoms with Gasteiger partial charge >= 0.3 is 5.97 Å². The van der Waals surface area contributed by atoms with Crippen LogP contribution in [-0.4, -0.2) is 85.7 Å². The Kier molecular flexibility index (Phi) is 6.81. The van der Waals surface area contributed by atoms with E-state index in [0.29, 0.717) is 26.3 Å². The largest absolute Gasteiger partial charge is 0.451 e. The molecule has 3 unspecified atom stereocenters. The Bertz CT molecular complexity index is 912. The van der Waals surface area contributed by atoms with Crippen molar-refractivity contribution in [2.24, 2.45) is 0 Å². The molecule has 1 aromatic rings. The Morgan fingerprint density at radius 3 is 2.50 bits per heavy atom. The number of carbonyl (C=O) groups excluding carboxylic acids is 2. The van der Waals surface area contributed by atoms with Gasteiger partial charge in [0.2, 0.25) is 10.0 Å². The first kappa shape index (κ1) is 22.7. The maximum Gasteiger partial charge on any atom is 0.325 e. The smallest absolute Gasteiger partial charge is 0.325 e. The molecule has 0 aliphatic carbocycles. The molecule has 2 heterocycles. The molecular formula is C20H28N2O7S. The summed E-state index contributed by atoms with van der Waals surface area (Å²) in [6.07, 6.45) is -2.13. The maximum atomic E-state index is 13.1. The molecule has 2 saturated heterocycles. The summed E-state index contributed by atoms with van der Waals surface area (Å²) in [5.74, 6) is -1.19. The van der Waals surface area contributed by atoms with Crippen molar-refractivity contribution in [2.75, 3.05) is 32.8 Å². The Morgan fingerprint density at radius 1 is 1.20 bits per heavy atom. The quantitative estimate of drug-likeness (QED) is 0.652. The Labute approximate surface area is 176 Å². The minimum atomic E-state index is -4.02. The number of rotatable bonds is 5. The van der Waals surface area contributed by atoms with E-state index in [-0.39, 0.29) is 23.8 Å². The van der Waals surface area contributed by atoms with Crippen molar-refractivity contribution in [3.8, 4) is 0 Å². The first-order valence-corrected chi connectivity index (χ1v) is 11.4. The molecule has 166 valence electrons. The molecule has 0 radical (unpaired) electrons. The van der Waals surface area contributed by atoms with E-state index in [1.807, 2.05) is 6.92 Å². The second-order valence-corrected chi connectivity index (χ2v) is 9.63. The van der Waals surface area contributed by atoms with Crippen molar-refractivity contribution in [3.63, 3.8) is 0 Å². The zero-order valence-corrected chi connectivity index (χ0v) is 18.2. The zero-order valence-electron chi connectivity index (χ0n) is 17.4. The van der Waals surface area contributed by atoms with Crippen LogP contribution < -0.4 is 0 Å². The summed E-state index contributed by atoms with van der Waals surface area (Å²) in [6.45, 7) is 6.60. The number of aliphatic hydroxyl groups is 1. The molecule has 2 aliphatic heterocycles. The number of hydrogen-bond acceptors (Lipinski definition) is 7. The molecule has 1 amide bonds. The summed E-state index contributed by atoms with van der Waals surface area (Å²) in [7, 11) is -4.02. The lowest BCUT2D eigenvalue weighted by Gasteiger charge is -2.30. The lowest BCUT2D eigenvalue weighted by Crippen LogP contribution is -2.48. The van der Waals surface area contributed by atoms with Crippen molar-refractivity contribution >= 4 is 21.9 Å². The van der Waals surface area contributed by atoms with E-state index < -0.39 is 34.2 Å². The summed E-state index contributed by atoms with van der Waals surface area (Å²) in [5.41, 5.74) is 1.75. The number of carbonyl (C=O) groups is 2. The molecule has 3 rings (SSSR count). The van der Waals surface area contributed by atoms with E-state index in [9.17, 15) is 23.1 Å². The molecule has 1 N–H and O–H groups in total. The molecule has 0 bridgehead atoms. The number of ether oxygens (including phenoxy) is 2. The first-order valence-electron chi connectivity index (χ1n) is 9.95. The highest BCUT2D eigenvalue weighted by atomic mass is 32.2. The minimum absolute atomic E-state index is 0.0509. The fourth-order valence-corrected chi connectivity index (χ4v) is 5.33. The molecule has 2 fully saturated rings. The zero-order chi connectivity index (χ0) is 22.1. The van der Waals surface area contributed by atoms with Crippen LogP contribution in [-0.2, 0) is 29.1 Å². The van der Waals surface area contributed by atoms with Crippen molar-refractivity contribution in [3.05, 3.63) is 29.3 Å². The Morgan fingerprint density at radius 2 is 1.87 bits per heavy atom. The molecule has 1 aromatic carbocycles. The second kappa shape index (κ2) is 9.01. The number of β-amino-alcohol motifs (C(OH)–C–C–N with tert-alkyl or cyclic N) is 1. The lowest BCUT2D eigenvalue weighted by atomic mass is 10.1. The van der Waals surface area contributed by atoms with Gasteiger partial charge in [-0.3, -0.25) is 9.59 Å². The Balaban J connectivity index is 1.75. The Hall–Kier alpha value is -2.01. The molecule has 9 nitrogen and oxygen atoms in total. The third-order valence-corrected chi connectivity index (χ3v) is 7.42. The van der Waals surface area contributed by atoms with E-state index in [0.717, 1.165) is 15.4 Å². The first-order chi connectivity index (χ1) is 14.1. The van der Waals surface area contributed by atoms with Gasteiger partial charge in [0.1, 0.15) is 6.04 Å². The molecule has 0 spiro atoms.